The van der Waals surface area contributed by atoms with Crippen LogP contribution in [0.15, 0.2) is 48.5 Å². The Morgan fingerprint density at radius 1 is 0.750 bits per heavy atom. The highest BCUT2D eigenvalue weighted by molar-refractivity contribution is 8.17. The predicted octanol–water partition coefficient (Wildman–Crippen LogP) is 5.75. The van der Waals surface area contributed by atoms with Gasteiger partial charge in [-0.2, -0.15) is 0 Å². The normalized spacial score (nSPS) is 20.6. The van der Waals surface area contributed by atoms with Gasteiger partial charge in [-0.1, -0.05) is 24.3 Å². The summed E-state index contributed by atoms with van der Waals surface area (Å²) in [7, 11) is 0. The van der Waals surface area contributed by atoms with Crippen molar-refractivity contribution in [3.05, 3.63) is 59.7 Å². The summed E-state index contributed by atoms with van der Waals surface area (Å²) < 4.78 is 11.6. The molecule has 0 radical (unpaired) electrons. The quantitative estimate of drug-likeness (QED) is 0.653. The summed E-state index contributed by atoms with van der Waals surface area (Å²) in [5, 5.41) is 0. The standard InChI is InChI=1S/C20H24O2S2/c1-3-21-18-9-5-15(6-10-18)17-13-23-20(24-14-17)16-7-11-19(12-8-16)22-4-2/h5-12,17,20H,3-4,13-14H2,1-2H3. The topological polar surface area (TPSA) is 18.5 Å². The van der Waals surface area contributed by atoms with Crippen molar-refractivity contribution in [3.63, 3.8) is 0 Å². The van der Waals surface area contributed by atoms with E-state index in [2.05, 4.69) is 48.5 Å². The first-order valence-electron chi connectivity index (χ1n) is 8.49. The van der Waals surface area contributed by atoms with Crippen molar-refractivity contribution in [2.24, 2.45) is 0 Å². The molecule has 1 fully saturated rings. The zero-order chi connectivity index (χ0) is 16.8. The van der Waals surface area contributed by atoms with Crippen LogP contribution in [0, 0.1) is 0 Å². The highest BCUT2D eigenvalue weighted by Gasteiger charge is 2.24. The summed E-state index contributed by atoms with van der Waals surface area (Å²) in [6, 6.07) is 17.2. The van der Waals surface area contributed by atoms with Gasteiger partial charge in [0.15, 0.2) is 0 Å². The minimum atomic E-state index is 0.527. The minimum absolute atomic E-state index is 0.527. The fourth-order valence-corrected chi connectivity index (χ4v) is 5.92. The van der Waals surface area contributed by atoms with Crippen LogP contribution in [0.25, 0.3) is 0 Å². The second kappa shape index (κ2) is 8.72. The van der Waals surface area contributed by atoms with Crippen LogP contribution >= 0.6 is 23.5 Å². The van der Waals surface area contributed by atoms with Crippen LogP contribution in [-0.4, -0.2) is 24.7 Å². The van der Waals surface area contributed by atoms with Crippen LogP contribution in [0.5, 0.6) is 11.5 Å². The first kappa shape index (κ1) is 17.6. The molecule has 0 saturated carbocycles. The monoisotopic (exact) mass is 360 g/mol. The van der Waals surface area contributed by atoms with Crippen LogP contribution < -0.4 is 9.47 Å². The maximum absolute atomic E-state index is 5.53. The summed E-state index contributed by atoms with van der Waals surface area (Å²) in [6.45, 7) is 5.47. The average Bonchev–Trinajstić information content (AvgIpc) is 2.64. The van der Waals surface area contributed by atoms with Gasteiger partial charge in [0.2, 0.25) is 0 Å². The molecule has 4 heteroatoms. The third-order valence-electron chi connectivity index (χ3n) is 4.02. The molecular formula is C20H24O2S2. The molecule has 0 amide bonds. The molecule has 24 heavy (non-hydrogen) atoms. The Morgan fingerprint density at radius 2 is 1.21 bits per heavy atom. The summed E-state index contributed by atoms with van der Waals surface area (Å²) >= 11 is 4.09. The molecule has 0 bridgehead atoms. The molecule has 0 N–H and O–H groups in total. The Kier molecular flexibility index (Phi) is 6.38. The van der Waals surface area contributed by atoms with Gasteiger partial charge in [0.1, 0.15) is 11.5 Å². The molecule has 2 nitrogen and oxygen atoms in total. The van der Waals surface area contributed by atoms with Crippen molar-refractivity contribution in [3.8, 4) is 11.5 Å². The number of ether oxygens (including phenoxy) is 2. The maximum atomic E-state index is 5.53. The van der Waals surface area contributed by atoms with Gasteiger partial charge < -0.3 is 9.47 Å². The molecule has 2 aromatic carbocycles. The lowest BCUT2D eigenvalue weighted by molar-refractivity contribution is 0.340. The summed E-state index contributed by atoms with van der Waals surface area (Å²) in [5.41, 5.74) is 2.81. The van der Waals surface area contributed by atoms with E-state index < -0.39 is 0 Å². The van der Waals surface area contributed by atoms with E-state index in [0.717, 1.165) is 24.7 Å². The van der Waals surface area contributed by atoms with Crippen molar-refractivity contribution in [2.45, 2.75) is 24.3 Å². The highest BCUT2D eigenvalue weighted by atomic mass is 32.2. The fraction of sp³-hybridized carbons (Fsp3) is 0.400. The van der Waals surface area contributed by atoms with Gasteiger partial charge in [0.05, 0.1) is 17.8 Å². The summed E-state index contributed by atoms with van der Waals surface area (Å²) in [6.07, 6.45) is 0. The molecule has 0 spiro atoms. The molecule has 1 heterocycles. The van der Waals surface area contributed by atoms with Crippen molar-refractivity contribution in [1.29, 1.82) is 0 Å². The summed E-state index contributed by atoms with van der Waals surface area (Å²) in [4.78, 5) is 0. The lowest BCUT2D eigenvalue weighted by atomic mass is 10.0. The molecule has 0 aromatic heterocycles. The smallest absolute Gasteiger partial charge is 0.119 e. The molecule has 3 rings (SSSR count). The Labute approximate surface area is 153 Å². The van der Waals surface area contributed by atoms with Crippen molar-refractivity contribution in [2.75, 3.05) is 24.7 Å². The van der Waals surface area contributed by atoms with Gasteiger partial charge in [-0.05, 0) is 49.2 Å². The van der Waals surface area contributed by atoms with Crippen LogP contribution in [0.4, 0.5) is 0 Å². The zero-order valence-corrected chi connectivity index (χ0v) is 15.9. The Bertz CT molecular complexity index is 560. The van der Waals surface area contributed by atoms with Gasteiger partial charge in [-0.15, -0.1) is 23.5 Å². The minimum Gasteiger partial charge on any atom is -0.494 e. The van der Waals surface area contributed by atoms with Crippen LogP contribution in [0.3, 0.4) is 0 Å². The number of rotatable bonds is 6. The molecule has 128 valence electrons. The second-order valence-electron chi connectivity index (χ2n) is 5.70. The van der Waals surface area contributed by atoms with E-state index in [-0.39, 0.29) is 0 Å². The Hall–Kier alpha value is -1.26. The Balaban J connectivity index is 1.56. The van der Waals surface area contributed by atoms with E-state index in [9.17, 15) is 0 Å². The first-order valence-corrected chi connectivity index (χ1v) is 10.6. The largest absolute Gasteiger partial charge is 0.494 e. The number of benzene rings is 2. The molecule has 1 saturated heterocycles. The van der Waals surface area contributed by atoms with Crippen LogP contribution in [0.1, 0.15) is 35.5 Å². The molecule has 1 aliphatic rings. The molecule has 2 aromatic rings. The average molecular weight is 361 g/mol. The third-order valence-corrected chi connectivity index (χ3v) is 7.18. The fourth-order valence-electron chi connectivity index (χ4n) is 2.78. The predicted molar refractivity (Wildman–Crippen MR) is 106 cm³/mol. The van der Waals surface area contributed by atoms with Gasteiger partial charge in [0, 0.05) is 17.4 Å². The van der Waals surface area contributed by atoms with Crippen molar-refractivity contribution >= 4 is 23.5 Å². The highest BCUT2D eigenvalue weighted by Crippen LogP contribution is 2.48. The van der Waals surface area contributed by atoms with Gasteiger partial charge >= 0.3 is 0 Å². The van der Waals surface area contributed by atoms with Gasteiger partial charge in [-0.3, -0.25) is 0 Å². The molecule has 0 atom stereocenters. The maximum Gasteiger partial charge on any atom is 0.119 e. The lowest BCUT2D eigenvalue weighted by Crippen LogP contribution is -2.12. The van der Waals surface area contributed by atoms with Crippen molar-refractivity contribution < 1.29 is 9.47 Å². The molecule has 0 aliphatic carbocycles. The number of thioether (sulfide) groups is 2. The zero-order valence-electron chi connectivity index (χ0n) is 14.2. The molecule has 0 unspecified atom stereocenters. The SMILES string of the molecule is CCOc1ccc(C2CSC(c3ccc(OCC)cc3)SC2)cc1. The van der Waals surface area contributed by atoms with E-state index >= 15 is 0 Å². The first-order chi connectivity index (χ1) is 11.8. The molecule has 1 aliphatic heterocycles. The number of hydrogen-bond acceptors (Lipinski definition) is 4. The van der Waals surface area contributed by atoms with Crippen LogP contribution in [-0.2, 0) is 0 Å². The van der Waals surface area contributed by atoms with Crippen molar-refractivity contribution in [1.82, 2.24) is 0 Å². The van der Waals surface area contributed by atoms with Gasteiger partial charge in [-0.25, -0.2) is 0 Å². The summed E-state index contributed by atoms with van der Waals surface area (Å²) in [5.74, 6) is 4.87. The van der Waals surface area contributed by atoms with E-state index in [0.29, 0.717) is 10.5 Å². The Morgan fingerprint density at radius 3 is 1.67 bits per heavy atom. The number of hydrogen-bond donors (Lipinski definition) is 0. The second-order valence-corrected chi connectivity index (χ2v) is 8.27. The van der Waals surface area contributed by atoms with E-state index in [1.807, 2.05) is 37.4 Å². The van der Waals surface area contributed by atoms with E-state index in [1.165, 1.54) is 22.6 Å². The van der Waals surface area contributed by atoms with Gasteiger partial charge in [0.25, 0.3) is 0 Å². The van der Waals surface area contributed by atoms with E-state index in [1.54, 1.807) is 0 Å². The molecular weight excluding hydrogens is 336 g/mol. The third kappa shape index (κ3) is 4.42. The van der Waals surface area contributed by atoms with Crippen LogP contribution in [0.2, 0.25) is 0 Å². The lowest BCUT2D eigenvalue weighted by Gasteiger charge is -2.28. The van der Waals surface area contributed by atoms with E-state index in [4.69, 9.17) is 9.47 Å².